The second kappa shape index (κ2) is 8.88. The Morgan fingerprint density at radius 3 is 1.98 bits per heavy atom. The van der Waals surface area contributed by atoms with E-state index in [9.17, 15) is 0 Å². The van der Waals surface area contributed by atoms with Gasteiger partial charge in [-0.3, -0.25) is 9.97 Å². The largest absolute Gasteiger partial charge is 0.309 e. The van der Waals surface area contributed by atoms with Gasteiger partial charge in [-0.15, -0.1) is 0 Å². The van der Waals surface area contributed by atoms with Gasteiger partial charge in [-0.2, -0.15) is 0 Å². The number of nitrogens with zero attached hydrogens (tertiary/aromatic N) is 4. The number of fused-ring (bicyclic) bond motifs is 8. The fourth-order valence-corrected chi connectivity index (χ4v) is 6.69. The van der Waals surface area contributed by atoms with Gasteiger partial charge in [-0.1, -0.05) is 91.0 Å². The second-order valence-electron chi connectivity index (χ2n) is 10.7. The third-order valence-electron chi connectivity index (χ3n) is 8.44. The predicted molar refractivity (Wildman–Crippen MR) is 174 cm³/mol. The number of aromatic nitrogens is 4. The molecule has 0 aliphatic rings. The Morgan fingerprint density at radius 2 is 1.17 bits per heavy atom. The summed E-state index contributed by atoms with van der Waals surface area (Å²) in [5, 5.41) is 5.97. The Kier molecular flexibility index (Phi) is 4.87. The Bertz CT molecular complexity index is 2450. The minimum atomic E-state index is 0.944. The van der Waals surface area contributed by atoms with Crippen LogP contribution < -0.4 is 0 Å². The monoisotopic (exact) mass is 536 g/mol. The van der Waals surface area contributed by atoms with Gasteiger partial charge in [0.2, 0.25) is 0 Å². The van der Waals surface area contributed by atoms with Crippen molar-refractivity contribution < 1.29 is 0 Å². The van der Waals surface area contributed by atoms with Crippen molar-refractivity contribution in [2.75, 3.05) is 0 Å². The van der Waals surface area contributed by atoms with E-state index in [1.807, 2.05) is 24.7 Å². The number of benzene rings is 5. The van der Waals surface area contributed by atoms with Crippen molar-refractivity contribution in [3.05, 3.63) is 146 Å². The summed E-state index contributed by atoms with van der Waals surface area (Å²) in [7, 11) is 0. The van der Waals surface area contributed by atoms with Crippen molar-refractivity contribution in [2.45, 2.75) is 0 Å². The van der Waals surface area contributed by atoms with Crippen molar-refractivity contribution in [1.82, 2.24) is 19.1 Å². The van der Waals surface area contributed by atoms with E-state index in [0.717, 1.165) is 44.4 Å². The highest BCUT2D eigenvalue weighted by Crippen LogP contribution is 2.42. The molecular weight excluding hydrogens is 512 g/mol. The van der Waals surface area contributed by atoms with Gasteiger partial charge in [-0.05, 0) is 42.0 Å². The zero-order valence-corrected chi connectivity index (χ0v) is 22.6. The molecule has 0 saturated carbocycles. The van der Waals surface area contributed by atoms with E-state index >= 15 is 0 Å². The van der Waals surface area contributed by atoms with Crippen molar-refractivity contribution in [1.29, 1.82) is 0 Å². The van der Waals surface area contributed by atoms with Gasteiger partial charge in [0.1, 0.15) is 0 Å². The van der Waals surface area contributed by atoms with Crippen LogP contribution in [0.15, 0.2) is 146 Å². The lowest BCUT2D eigenvalue weighted by Gasteiger charge is -2.13. The third-order valence-corrected chi connectivity index (χ3v) is 8.44. The molecule has 0 N–H and O–H groups in total. The summed E-state index contributed by atoms with van der Waals surface area (Å²) in [6.45, 7) is 0. The lowest BCUT2D eigenvalue weighted by atomic mass is 10.0. The van der Waals surface area contributed by atoms with Crippen LogP contribution in [0.25, 0.3) is 77.0 Å². The van der Waals surface area contributed by atoms with Crippen LogP contribution in [0.1, 0.15) is 0 Å². The highest BCUT2D eigenvalue weighted by Gasteiger charge is 2.21. The summed E-state index contributed by atoms with van der Waals surface area (Å²) in [4.78, 5) is 9.56. The minimum absolute atomic E-state index is 0.944. The fraction of sp³-hybridized carbons (Fsp3) is 0. The SMILES string of the molecule is c1ccc(-c2cncc3c(-n4c5ccccc5c5c4ccc4c6ccccc6n(-c6ccccc6)c45)ccnc23)cc1. The molecular formula is C38H24N4. The van der Waals surface area contributed by atoms with Crippen molar-refractivity contribution >= 4 is 54.5 Å². The number of para-hydroxylation sites is 3. The van der Waals surface area contributed by atoms with Crippen LogP contribution in [0.3, 0.4) is 0 Å². The summed E-state index contributed by atoms with van der Waals surface area (Å²) in [6.07, 6.45) is 5.79. The molecule has 0 saturated heterocycles. The van der Waals surface area contributed by atoms with Gasteiger partial charge in [0.05, 0.1) is 33.3 Å². The molecule has 42 heavy (non-hydrogen) atoms. The Morgan fingerprint density at radius 1 is 0.476 bits per heavy atom. The molecule has 4 nitrogen and oxygen atoms in total. The van der Waals surface area contributed by atoms with Gasteiger partial charge in [0.25, 0.3) is 0 Å². The van der Waals surface area contributed by atoms with Crippen LogP contribution in [0.2, 0.25) is 0 Å². The van der Waals surface area contributed by atoms with E-state index in [4.69, 9.17) is 9.97 Å². The van der Waals surface area contributed by atoms with E-state index in [1.54, 1.807) is 0 Å². The topological polar surface area (TPSA) is 35.6 Å². The standard InChI is InChI=1S/C38H24N4/c1-3-11-25(12-4-1)30-23-39-24-31-34(21-22-40-37(30)31)42-33-18-10-8-16-29(33)36-35(42)20-19-28-27-15-7-9-17-32(27)41(38(28)36)26-13-5-2-6-14-26/h1-24H. The zero-order valence-electron chi connectivity index (χ0n) is 22.6. The maximum atomic E-state index is 4.86. The molecule has 4 heteroatoms. The van der Waals surface area contributed by atoms with Gasteiger partial charge < -0.3 is 9.13 Å². The van der Waals surface area contributed by atoms with Crippen LogP contribution >= 0.6 is 0 Å². The maximum absolute atomic E-state index is 4.86. The first-order chi connectivity index (χ1) is 20.9. The number of pyridine rings is 2. The van der Waals surface area contributed by atoms with Crippen LogP contribution in [0.4, 0.5) is 0 Å². The fourth-order valence-electron chi connectivity index (χ4n) is 6.69. The molecule has 9 aromatic rings. The lowest BCUT2D eigenvalue weighted by Crippen LogP contribution is -1.98. The van der Waals surface area contributed by atoms with E-state index < -0.39 is 0 Å². The summed E-state index contributed by atoms with van der Waals surface area (Å²) in [5.41, 5.74) is 10.0. The molecule has 0 bridgehead atoms. The molecule has 0 atom stereocenters. The summed E-state index contributed by atoms with van der Waals surface area (Å²) >= 11 is 0. The van der Waals surface area contributed by atoms with Gasteiger partial charge >= 0.3 is 0 Å². The highest BCUT2D eigenvalue weighted by atomic mass is 15.0. The van der Waals surface area contributed by atoms with Crippen molar-refractivity contribution in [3.63, 3.8) is 0 Å². The number of hydrogen-bond donors (Lipinski definition) is 0. The molecule has 4 aromatic heterocycles. The maximum Gasteiger partial charge on any atom is 0.0832 e. The molecule has 0 aliphatic heterocycles. The van der Waals surface area contributed by atoms with Crippen LogP contribution in [0, 0.1) is 0 Å². The van der Waals surface area contributed by atoms with Gasteiger partial charge in [-0.25, -0.2) is 0 Å². The Labute approximate surface area is 241 Å². The van der Waals surface area contributed by atoms with Crippen LogP contribution in [0.5, 0.6) is 0 Å². The Hall–Kier alpha value is -5.74. The molecule has 4 heterocycles. The highest BCUT2D eigenvalue weighted by molar-refractivity contribution is 6.26. The van der Waals surface area contributed by atoms with E-state index in [0.29, 0.717) is 0 Å². The average Bonchev–Trinajstić information content (AvgIpc) is 3.58. The smallest absolute Gasteiger partial charge is 0.0832 e. The molecule has 196 valence electrons. The molecule has 0 spiro atoms. The molecule has 0 aliphatic carbocycles. The van der Waals surface area contributed by atoms with E-state index in [-0.39, 0.29) is 0 Å². The zero-order chi connectivity index (χ0) is 27.6. The third kappa shape index (κ3) is 3.17. The molecule has 0 amide bonds. The minimum Gasteiger partial charge on any atom is -0.309 e. The first-order valence-corrected chi connectivity index (χ1v) is 14.2. The van der Waals surface area contributed by atoms with Crippen molar-refractivity contribution in [2.24, 2.45) is 0 Å². The lowest BCUT2D eigenvalue weighted by molar-refractivity contribution is 1.17. The summed E-state index contributed by atoms with van der Waals surface area (Å²) in [5.74, 6) is 0. The van der Waals surface area contributed by atoms with Crippen molar-refractivity contribution in [3.8, 4) is 22.5 Å². The second-order valence-corrected chi connectivity index (χ2v) is 10.7. The molecule has 5 aromatic carbocycles. The number of rotatable bonds is 3. The quantitative estimate of drug-likeness (QED) is 0.225. The van der Waals surface area contributed by atoms with Gasteiger partial charge in [0, 0.05) is 56.8 Å². The number of hydrogen-bond acceptors (Lipinski definition) is 2. The normalized spacial score (nSPS) is 11.8. The first-order valence-electron chi connectivity index (χ1n) is 14.2. The molecule has 0 unspecified atom stereocenters. The summed E-state index contributed by atoms with van der Waals surface area (Å²) < 4.78 is 4.81. The van der Waals surface area contributed by atoms with Crippen LogP contribution in [-0.2, 0) is 0 Å². The predicted octanol–water partition coefficient (Wildman–Crippen LogP) is 9.49. The van der Waals surface area contributed by atoms with Crippen LogP contribution in [-0.4, -0.2) is 19.1 Å². The molecule has 0 fully saturated rings. The molecule has 9 rings (SSSR count). The molecule has 0 radical (unpaired) electrons. The Balaban J connectivity index is 1.45. The van der Waals surface area contributed by atoms with Gasteiger partial charge in [0.15, 0.2) is 0 Å². The average molecular weight is 537 g/mol. The summed E-state index contributed by atoms with van der Waals surface area (Å²) in [6, 6.07) is 45.2. The van der Waals surface area contributed by atoms with E-state index in [1.165, 1.54) is 32.6 Å². The first kappa shape index (κ1) is 23.0. The van der Waals surface area contributed by atoms with E-state index in [2.05, 4.69) is 130 Å².